The molecule has 2 unspecified atom stereocenters. The average molecular weight is 299 g/mol. The van der Waals surface area contributed by atoms with E-state index in [0.717, 1.165) is 24.5 Å². The van der Waals surface area contributed by atoms with Gasteiger partial charge in [-0.3, -0.25) is 16.0 Å². The predicted molar refractivity (Wildman–Crippen MR) is 82.9 cm³/mol. The highest BCUT2D eigenvalue weighted by atomic mass is 32.2. The lowest BCUT2D eigenvalue weighted by Gasteiger charge is -2.24. The molecule has 0 spiro atoms. The van der Waals surface area contributed by atoms with Gasteiger partial charge in [0.05, 0.1) is 31.6 Å². The van der Waals surface area contributed by atoms with Crippen LogP contribution in [0.4, 0.5) is 0 Å². The third-order valence-electron chi connectivity index (χ3n) is 3.63. The quantitative estimate of drug-likeness (QED) is 0.575. The second kappa shape index (κ2) is 7.31. The van der Waals surface area contributed by atoms with Crippen molar-refractivity contribution in [3.8, 4) is 5.75 Å². The van der Waals surface area contributed by atoms with Crippen molar-refractivity contribution in [2.75, 3.05) is 33.5 Å². The van der Waals surface area contributed by atoms with E-state index in [9.17, 15) is 0 Å². The van der Waals surface area contributed by atoms with Crippen LogP contribution in [0.15, 0.2) is 6.20 Å². The SMILES string of the molecule is COc1cnn(CCN(C)C)c1C(NN)C1CCCS1. The Hall–Kier alpha value is -0.760. The molecule has 1 aliphatic heterocycles. The molecule has 0 aromatic carbocycles. The van der Waals surface area contributed by atoms with Crippen LogP contribution in [0.5, 0.6) is 5.75 Å². The Bertz CT molecular complexity index is 417. The number of rotatable bonds is 7. The van der Waals surface area contributed by atoms with Gasteiger partial charge in [0.1, 0.15) is 0 Å². The van der Waals surface area contributed by atoms with Gasteiger partial charge in [-0.1, -0.05) is 0 Å². The molecule has 2 heterocycles. The number of likely N-dealkylation sites (N-methyl/N-ethyl adjacent to an activating group) is 1. The van der Waals surface area contributed by atoms with Crippen LogP contribution in [0.3, 0.4) is 0 Å². The highest BCUT2D eigenvalue weighted by Gasteiger charge is 2.31. The van der Waals surface area contributed by atoms with Crippen molar-refractivity contribution >= 4 is 11.8 Å². The maximum atomic E-state index is 5.82. The normalized spacial score (nSPS) is 20.6. The van der Waals surface area contributed by atoms with Gasteiger partial charge in [-0.15, -0.1) is 0 Å². The maximum Gasteiger partial charge on any atom is 0.161 e. The molecule has 7 heteroatoms. The van der Waals surface area contributed by atoms with E-state index >= 15 is 0 Å². The van der Waals surface area contributed by atoms with Gasteiger partial charge in [0.15, 0.2) is 5.75 Å². The van der Waals surface area contributed by atoms with Crippen LogP contribution in [-0.2, 0) is 6.54 Å². The van der Waals surface area contributed by atoms with Crippen molar-refractivity contribution in [3.05, 3.63) is 11.9 Å². The second-order valence-corrected chi connectivity index (χ2v) is 6.67. The lowest BCUT2D eigenvalue weighted by Crippen LogP contribution is -2.36. The van der Waals surface area contributed by atoms with Gasteiger partial charge < -0.3 is 9.64 Å². The van der Waals surface area contributed by atoms with Crippen molar-refractivity contribution in [1.29, 1.82) is 0 Å². The summed E-state index contributed by atoms with van der Waals surface area (Å²) in [7, 11) is 5.81. The lowest BCUT2D eigenvalue weighted by atomic mass is 10.1. The first-order valence-electron chi connectivity index (χ1n) is 6.99. The summed E-state index contributed by atoms with van der Waals surface area (Å²) in [6.45, 7) is 1.77. The number of hydrazine groups is 1. The third-order valence-corrected chi connectivity index (χ3v) is 5.10. The van der Waals surface area contributed by atoms with E-state index in [-0.39, 0.29) is 6.04 Å². The highest BCUT2D eigenvalue weighted by molar-refractivity contribution is 8.00. The number of ether oxygens (including phenoxy) is 1. The molecule has 2 atom stereocenters. The number of thioether (sulfide) groups is 1. The number of nitrogens with zero attached hydrogens (tertiary/aromatic N) is 3. The van der Waals surface area contributed by atoms with Crippen molar-refractivity contribution in [2.24, 2.45) is 5.84 Å². The molecule has 1 aromatic heterocycles. The Balaban J connectivity index is 2.23. The topological polar surface area (TPSA) is 68.3 Å². The zero-order valence-electron chi connectivity index (χ0n) is 12.5. The zero-order valence-corrected chi connectivity index (χ0v) is 13.3. The summed E-state index contributed by atoms with van der Waals surface area (Å²) >= 11 is 1.98. The Morgan fingerprint density at radius 1 is 1.65 bits per heavy atom. The number of hydrogen-bond acceptors (Lipinski definition) is 6. The molecule has 2 rings (SSSR count). The summed E-state index contributed by atoms with van der Waals surface area (Å²) in [5.74, 6) is 7.85. The molecule has 0 aliphatic carbocycles. The average Bonchev–Trinajstić information content (AvgIpc) is 3.07. The minimum absolute atomic E-state index is 0.0853. The van der Waals surface area contributed by atoms with Crippen molar-refractivity contribution in [3.63, 3.8) is 0 Å². The minimum atomic E-state index is 0.0853. The van der Waals surface area contributed by atoms with Crippen molar-refractivity contribution in [1.82, 2.24) is 20.1 Å². The van der Waals surface area contributed by atoms with Gasteiger partial charge in [0.2, 0.25) is 0 Å². The maximum absolute atomic E-state index is 5.82. The molecule has 6 nitrogen and oxygen atoms in total. The Kier molecular flexibility index (Phi) is 5.71. The van der Waals surface area contributed by atoms with Gasteiger partial charge in [0, 0.05) is 11.8 Å². The molecule has 3 N–H and O–H groups in total. The summed E-state index contributed by atoms with van der Waals surface area (Å²) in [4.78, 5) is 2.15. The summed E-state index contributed by atoms with van der Waals surface area (Å²) in [6.07, 6.45) is 4.22. The molecule has 0 amide bonds. The van der Waals surface area contributed by atoms with Crippen LogP contribution < -0.4 is 16.0 Å². The molecule has 114 valence electrons. The number of aromatic nitrogens is 2. The van der Waals surface area contributed by atoms with E-state index in [1.165, 1.54) is 18.6 Å². The monoisotopic (exact) mass is 299 g/mol. The van der Waals surface area contributed by atoms with E-state index in [1.807, 2.05) is 16.4 Å². The van der Waals surface area contributed by atoms with E-state index in [4.69, 9.17) is 10.6 Å². The highest BCUT2D eigenvalue weighted by Crippen LogP contribution is 2.38. The number of methoxy groups -OCH3 is 1. The van der Waals surface area contributed by atoms with Crippen LogP contribution in [0.2, 0.25) is 0 Å². The van der Waals surface area contributed by atoms with E-state index in [1.54, 1.807) is 13.3 Å². The zero-order chi connectivity index (χ0) is 14.5. The first-order valence-corrected chi connectivity index (χ1v) is 8.04. The first-order chi connectivity index (χ1) is 9.67. The van der Waals surface area contributed by atoms with Gasteiger partial charge in [-0.05, 0) is 32.7 Å². The summed E-state index contributed by atoms with van der Waals surface area (Å²) in [5, 5.41) is 4.95. The van der Waals surface area contributed by atoms with Gasteiger partial charge in [-0.25, -0.2) is 0 Å². The van der Waals surface area contributed by atoms with Crippen LogP contribution in [-0.4, -0.2) is 53.4 Å². The van der Waals surface area contributed by atoms with Gasteiger partial charge >= 0.3 is 0 Å². The number of nitrogens with two attached hydrogens (primary N) is 1. The summed E-state index contributed by atoms with van der Waals surface area (Å²) in [5.41, 5.74) is 4.04. The van der Waals surface area contributed by atoms with E-state index < -0.39 is 0 Å². The number of nitrogens with one attached hydrogen (secondary N) is 1. The minimum Gasteiger partial charge on any atom is -0.493 e. The fourth-order valence-electron chi connectivity index (χ4n) is 2.55. The first kappa shape index (κ1) is 15.6. The molecule has 0 radical (unpaired) electrons. The van der Waals surface area contributed by atoms with Crippen LogP contribution in [0, 0.1) is 0 Å². The van der Waals surface area contributed by atoms with Crippen molar-refractivity contribution in [2.45, 2.75) is 30.7 Å². The molecular weight excluding hydrogens is 274 g/mol. The third kappa shape index (κ3) is 3.46. The van der Waals surface area contributed by atoms with E-state index in [0.29, 0.717) is 5.25 Å². The van der Waals surface area contributed by atoms with Crippen LogP contribution in [0.25, 0.3) is 0 Å². The Morgan fingerprint density at radius 3 is 3.00 bits per heavy atom. The second-order valence-electron chi connectivity index (χ2n) is 5.32. The molecule has 0 bridgehead atoms. The summed E-state index contributed by atoms with van der Waals surface area (Å²) in [6, 6.07) is 0.0853. The molecule has 1 saturated heterocycles. The molecular formula is C13H25N5OS. The fourth-order valence-corrected chi connectivity index (χ4v) is 3.92. The smallest absolute Gasteiger partial charge is 0.161 e. The predicted octanol–water partition coefficient (Wildman–Crippen LogP) is 0.853. The van der Waals surface area contributed by atoms with E-state index in [2.05, 4.69) is 29.5 Å². The lowest BCUT2D eigenvalue weighted by molar-refractivity contribution is 0.352. The summed E-state index contributed by atoms with van der Waals surface area (Å²) < 4.78 is 7.49. The van der Waals surface area contributed by atoms with Crippen LogP contribution >= 0.6 is 11.8 Å². The Morgan fingerprint density at radius 2 is 2.45 bits per heavy atom. The fraction of sp³-hybridized carbons (Fsp3) is 0.769. The standard InChI is InChI=1S/C13H25N5OS/c1-17(2)6-7-18-13(10(19-3)9-15-18)12(16-14)11-5-4-8-20-11/h9,11-12,16H,4-8,14H2,1-3H3. The molecule has 20 heavy (non-hydrogen) atoms. The number of hydrogen-bond donors (Lipinski definition) is 2. The molecule has 1 fully saturated rings. The van der Waals surface area contributed by atoms with Gasteiger partial charge in [0.25, 0.3) is 0 Å². The molecule has 1 aliphatic rings. The largest absolute Gasteiger partial charge is 0.493 e. The molecule has 0 saturated carbocycles. The molecule has 1 aromatic rings. The van der Waals surface area contributed by atoms with Gasteiger partial charge in [-0.2, -0.15) is 16.9 Å². The Labute approximate surface area is 125 Å². The van der Waals surface area contributed by atoms with Crippen molar-refractivity contribution < 1.29 is 4.74 Å². The van der Waals surface area contributed by atoms with Crippen LogP contribution in [0.1, 0.15) is 24.6 Å².